The zero-order valence-electron chi connectivity index (χ0n) is 12.4. The molecule has 0 aliphatic carbocycles. The molecule has 0 heterocycles. The zero-order chi connectivity index (χ0) is 15.1. The first-order valence-electron chi connectivity index (χ1n) is 7.30. The molecule has 0 spiro atoms. The molecule has 0 aromatic heterocycles. The number of hydrogen-bond acceptors (Lipinski definition) is 3. The summed E-state index contributed by atoms with van der Waals surface area (Å²) >= 11 is 1.81. The van der Waals surface area contributed by atoms with Crippen LogP contribution < -0.4 is 5.73 Å². The number of hydrogen-bond donors (Lipinski definition) is 2. The Morgan fingerprint density at radius 3 is 2.14 bits per heavy atom. The van der Waals surface area contributed by atoms with Gasteiger partial charge in [-0.2, -0.15) is 0 Å². The van der Waals surface area contributed by atoms with E-state index < -0.39 is 6.10 Å². The summed E-state index contributed by atoms with van der Waals surface area (Å²) in [6.07, 6.45) is 0.381. The Balaban J connectivity index is 2.10. The average molecular weight is 301 g/mol. The van der Waals surface area contributed by atoms with Gasteiger partial charge in [-0.3, -0.25) is 0 Å². The Bertz CT molecular complexity index is 529. The maximum Gasteiger partial charge on any atom is 0.0621 e. The Morgan fingerprint density at radius 1 is 1.05 bits per heavy atom. The highest BCUT2D eigenvalue weighted by atomic mass is 32.2. The summed E-state index contributed by atoms with van der Waals surface area (Å²) in [5, 5.41) is 10.3. The maximum atomic E-state index is 10.3. The Labute approximate surface area is 131 Å². The van der Waals surface area contributed by atoms with E-state index in [2.05, 4.69) is 24.3 Å². The highest BCUT2D eigenvalue weighted by Crippen LogP contribution is 2.33. The molecule has 0 amide bonds. The molecule has 0 saturated carbocycles. The molecular weight excluding hydrogens is 278 g/mol. The third kappa shape index (κ3) is 3.88. The van der Waals surface area contributed by atoms with Crippen LogP contribution in [0.3, 0.4) is 0 Å². The Morgan fingerprint density at radius 2 is 1.62 bits per heavy atom. The predicted molar refractivity (Wildman–Crippen MR) is 90.6 cm³/mol. The second kappa shape index (κ2) is 7.64. The smallest absolute Gasteiger partial charge is 0.0621 e. The third-order valence-corrected chi connectivity index (χ3v) is 5.09. The number of rotatable bonds is 7. The summed E-state index contributed by atoms with van der Waals surface area (Å²) in [6.45, 7) is 2.29. The van der Waals surface area contributed by atoms with Crippen molar-refractivity contribution in [3.05, 3.63) is 66.2 Å². The van der Waals surface area contributed by atoms with Gasteiger partial charge in [0.2, 0.25) is 0 Å². The normalized spacial score (nSPS) is 15.4. The van der Waals surface area contributed by atoms with Crippen LogP contribution in [0.4, 0.5) is 0 Å². The quantitative estimate of drug-likeness (QED) is 0.770. The second-order valence-corrected chi connectivity index (χ2v) is 6.48. The lowest BCUT2D eigenvalue weighted by Crippen LogP contribution is -2.45. The topological polar surface area (TPSA) is 46.2 Å². The molecule has 0 aliphatic rings. The molecular formula is C18H23NOS. The summed E-state index contributed by atoms with van der Waals surface area (Å²) in [4.78, 5) is 1.25. The van der Waals surface area contributed by atoms with Crippen molar-refractivity contribution >= 4 is 11.8 Å². The van der Waals surface area contributed by atoms with E-state index in [9.17, 15) is 5.11 Å². The fourth-order valence-corrected chi connectivity index (χ4v) is 3.67. The van der Waals surface area contributed by atoms with Crippen LogP contribution in [-0.4, -0.2) is 23.5 Å². The van der Waals surface area contributed by atoms with Crippen LogP contribution in [0.5, 0.6) is 0 Å². The van der Waals surface area contributed by atoms with Gasteiger partial charge in [0.15, 0.2) is 0 Å². The zero-order valence-corrected chi connectivity index (χ0v) is 13.2. The maximum absolute atomic E-state index is 10.3. The van der Waals surface area contributed by atoms with Crippen molar-refractivity contribution < 1.29 is 5.11 Å². The molecule has 2 unspecified atom stereocenters. The Kier molecular flexibility index (Phi) is 5.85. The lowest BCUT2D eigenvalue weighted by molar-refractivity contribution is 0.0983. The molecule has 2 aromatic carbocycles. The van der Waals surface area contributed by atoms with Crippen LogP contribution in [0, 0.1) is 0 Å². The van der Waals surface area contributed by atoms with E-state index in [4.69, 9.17) is 5.73 Å². The van der Waals surface area contributed by atoms with Crippen molar-refractivity contribution in [3.63, 3.8) is 0 Å². The van der Waals surface area contributed by atoms with Gasteiger partial charge < -0.3 is 10.8 Å². The third-order valence-electron chi connectivity index (χ3n) is 4.07. The molecule has 2 atom stereocenters. The van der Waals surface area contributed by atoms with Gasteiger partial charge >= 0.3 is 0 Å². The molecule has 2 aromatic rings. The van der Waals surface area contributed by atoms with Gasteiger partial charge in [-0.25, -0.2) is 0 Å². The van der Waals surface area contributed by atoms with Gasteiger partial charge in [-0.15, -0.1) is 11.8 Å². The standard InChI is InChI=1S/C18H23NOS/c1-15(20)18(14-19,16-8-4-2-5-9-16)12-13-21-17-10-6-3-7-11-17/h2-11,15,20H,12-14,19H2,1H3. The highest BCUT2D eigenvalue weighted by Gasteiger charge is 2.35. The molecule has 0 radical (unpaired) electrons. The molecule has 0 fully saturated rings. The van der Waals surface area contributed by atoms with E-state index in [1.54, 1.807) is 0 Å². The van der Waals surface area contributed by atoms with Crippen molar-refractivity contribution in [2.45, 2.75) is 29.8 Å². The molecule has 0 saturated heterocycles. The number of aliphatic hydroxyl groups excluding tert-OH is 1. The molecule has 2 nitrogen and oxygen atoms in total. The second-order valence-electron chi connectivity index (χ2n) is 5.31. The number of aliphatic hydroxyl groups is 1. The molecule has 0 bridgehead atoms. The summed E-state index contributed by atoms with van der Waals surface area (Å²) in [5.74, 6) is 0.932. The minimum Gasteiger partial charge on any atom is -0.392 e. The van der Waals surface area contributed by atoms with E-state index >= 15 is 0 Å². The summed E-state index contributed by atoms with van der Waals surface area (Å²) in [6, 6.07) is 20.5. The fraction of sp³-hybridized carbons (Fsp3) is 0.333. The van der Waals surface area contributed by atoms with E-state index in [0.29, 0.717) is 6.54 Å². The van der Waals surface area contributed by atoms with Gasteiger partial charge in [0.05, 0.1) is 6.10 Å². The Hall–Kier alpha value is -1.29. The first-order valence-corrected chi connectivity index (χ1v) is 8.29. The summed E-state index contributed by atoms with van der Waals surface area (Å²) < 4.78 is 0. The lowest BCUT2D eigenvalue weighted by Gasteiger charge is -2.36. The van der Waals surface area contributed by atoms with E-state index in [1.165, 1.54) is 4.90 Å². The highest BCUT2D eigenvalue weighted by molar-refractivity contribution is 7.99. The molecule has 21 heavy (non-hydrogen) atoms. The largest absolute Gasteiger partial charge is 0.392 e. The fourth-order valence-electron chi connectivity index (χ4n) is 2.62. The van der Waals surface area contributed by atoms with Gasteiger partial charge in [0.25, 0.3) is 0 Å². The van der Waals surface area contributed by atoms with Crippen LogP contribution in [0.25, 0.3) is 0 Å². The van der Waals surface area contributed by atoms with Crippen LogP contribution >= 0.6 is 11.8 Å². The molecule has 112 valence electrons. The summed E-state index contributed by atoms with van der Waals surface area (Å²) in [5.41, 5.74) is 6.80. The number of nitrogens with two attached hydrogens (primary N) is 1. The number of thioether (sulfide) groups is 1. The molecule has 0 aliphatic heterocycles. The van der Waals surface area contributed by atoms with Crippen molar-refractivity contribution in [2.75, 3.05) is 12.3 Å². The van der Waals surface area contributed by atoms with Crippen molar-refractivity contribution in [1.82, 2.24) is 0 Å². The van der Waals surface area contributed by atoms with Gasteiger partial charge in [-0.1, -0.05) is 48.5 Å². The first kappa shape index (κ1) is 16.1. The van der Waals surface area contributed by atoms with Crippen molar-refractivity contribution in [1.29, 1.82) is 0 Å². The minimum atomic E-state index is -0.471. The predicted octanol–water partition coefficient (Wildman–Crippen LogP) is 3.45. The van der Waals surface area contributed by atoms with Crippen LogP contribution in [0.2, 0.25) is 0 Å². The summed E-state index contributed by atoms with van der Waals surface area (Å²) in [7, 11) is 0. The SMILES string of the molecule is CC(O)C(CN)(CCSc1ccccc1)c1ccccc1. The van der Waals surface area contributed by atoms with E-state index in [-0.39, 0.29) is 5.41 Å². The lowest BCUT2D eigenvalue weighted by atomic mass is 9.74. The molecule has 3 heteroatoms. The van der Waals surface area contributed by atoms with E-state index in [0.717, 1.165) is 17.7 Å². The minimum absolute atomic E-state index is 0.372. The van der Waals surface area contributed by atoms with Crippen molar-refractivity contribution in [2.24, 2.45) is 5.73 Å². The van der Waals surface area contributed by atoms with Gasteiger partial charge in [-0.05, 0) is 36.8 Å². The van der Waals surface area contributed by atoms with E-state index in [1.807, 2.05) is 55.1 Å². The van der Waals surface area contributed by atoms with Gasteiger partial charge in [0.1, 0.15) is 0 Å². The van der Waals surface area contributed by atoms with Crippen LogP contribution in [-0.2, 0) is 5.41 Å². The van der Waals surface area contributed by atoms with Crippen molar-refractivity contribution in [3.8, 4) is 0 Å². The average Bonchev–Trinajstić information content (AvgIpc) is 2.53. The number of benzene rings is 2. The molecule has 2 rings (SSSR count). The monoisotopic (exact) mass is 301 g/mol. The van der Waals surface area contributed by atoms with Crippen LogP contribution in [0.1, 0.15) is 18.9 Å². The first-order chi connectivity index (χ1) is 10.2. The van der Waals surface area contributed by atoms with Crippen LogP contribution in [0.15, 0.2) is 65.6 Å². The van der Waals surface area contributed by atoms with Gasteiger partial charge in [0, 0.05) is 16.9 Å². The molecule has 3 N–H and O–H groups in total.